The largest absolute Gasteiger partial charge is 0.423 e. The number of benzene rings is 1. The van der Waals surface area contributed by atoms with Crippen molar-refractivity contribution in [2.24, 2.45) is 0 Å². The van der Waals surface area contributed by atoms with Crippen molar-refractivity contribution in [2.45, 2.75) is 17.5 Å². The predicted octanol–water partition coefficient (Wildman–Crippen LogP) is 4.06. The van der Waals surface area contributed by atoms with E-state index < -0.39 is 18.6 Å². The highest BCUT2D eigenvalue weighted by molar-refractivity contribution is 8.02. The summed E-state index contributed by atoms with van der Waals surface area (Å²) in [6, 6.07) is 9.23. The van der Waals surface area contributed by atoms with Gasteiger partial charge in [-0.2, -0.15) is 13.2 Å². The number of thioether (sulfide) groups is 1. The van der Waals surface area contributed by atoms with Crippen LogP contribution in [0, 0.1) is 0 Å². The molecule has 0 bridgehead atoms. The Morgan fingerprint density at radius 2 is 1.89 bits per heavy atom. The van der Waals surface area contributed by atoms with Crippen molar-refractivity contribution in [1.29, 1.82) is 0 Å². The molecule has 19 heavy (non-hydrogen) atoms. The summed E-state index contributed by atoms with van der Waals surface area (Å²) in [6.45, 7) is 0. The Morgan fingerprint density at radius 3 is 2.53 bits per heavy atom. The van der Waals surface area contributed by atoms with Crippen molar-refractivity contribution >= 4 is 17.7 Å². The zero-order valence-corrected chi connectivity index (χ0v) is 10.4. The zero-order chi connectivity index (χ0) is 13.9. The van der Waals surface area contributed by atoms with Gasteiger partial charge in [-0.3, -0.25) is 0 Å². The van der Waals surface area contributed by atoms with Gasteiger partial charge in [0.25, 0.3) is 0 Å². The van der Waals surface area contributed by atoms with Crippen molar-refractivity contribution in [3.05, 3.63) is 53.1 Å². The van der Waals surface area contributed by atoms with Crippen LogP contribution >= 0.6 is 11.8 Å². The molecular formula is C13H9F3O2S. The van der Waals surface area contributed by atoms with E-state index in [0.717, 1.165) is 11.0 Å². The Kier molecular flexibility index (Phi) is 3.99. The topological polar surface area (TPSA) is 26.3 Å². The summed E-state index contributed by atoms with van der Waals surface area (Å²) in [5.41, 5.74) is -0.368. The van der Waals surface area contributed by atoms with Crippen LogP contribution in [0.1, 0.15) is 6.42 Å². The number of carbonyl (C=O) groups excluding carboxylic acids is 1. The van der Waals surface area contributed by atoms with Crippen molar-refractivity contribution in [3.63, 3.8) is 0 Å². The third-order valence-electron chi connectivity index (χ3n) is 2.23. The van der Waals surface area contributed by atoms with Gasteiger partial charge in [0, 0.05) is 10.3 Å². The van der Waals surface area contributed by atoms with Crippen molar-refractivity contribution in [1.82, 2.24) is 0 Å². The summed E-state index contributed by atoms with van der Waals surface area (Å²) in [7, 11) is 0. The fourth-order valence-electron chi connectivity index (χ4n) is 1.46. The lowest BCUT2D eigenvalue weighted by molar-refractivity contribution is -0.142. The monoisotopic (exact) mass is 286 g/mol. The van der Waals surface area contributed by atoms with Gasteiger partial charge in [0.05, 0.1) is 12.0 Å². The number of ether oxygens (including phenoxy) is 1. The molecule has 0 saturated heterocycles. The maximum absolute atomic E-state index is 12.2. The number of allylic oxidation sites excluding steroid dienone is 1. The van der Waals surface area contributed by atoms with Gasteiger partial charge in [0.2, 0.25) is 0 Å². The summed E-state index contributed by atoms with van der Waals surface area (Å²) < 4.78 is 41.3. The SMILES string of the molecule is O=C1OC(=CSc2ccccc2)C=C1CC(F)(F)F. The highest BCUT2D eigenvalue weighted by atomic mass is 32.2. The van der Waals surface area contributed by atoms with E-state index in [1.165, 1.54) is 17.2 Å². The second-order valence-corrected chi connectivity index (χ2v) is 4.74. The number of esters is 1. The Balaban J connectivity index is 2.05. The van der Waals surface area contributed by atoms with Crippen LogP contribution in [0.15, 0.2) is 58.0 Å². The third kappa shape index (κ3) is 4.17. The second kappa shape index (κ2) is 5.52. The van der Waals surface area contributed by atoms with Gasteiger partial charge in [0.15, 0.2) is 0 Å². The van der Waals surface area contributed by atoms with Crippen LogP contribution < -0.4 is 0 Å². The molecule has 1 aliphatic heterocycles. The molecule has 1 heterocycles. The fraction of sp³-hybridized carbons (Fsp3) is 0.154. The maximum Gasteiger partial charge on any atom is 0.393 e. The van der Waals surface area contributed by atoms with E-state index in [0.29, 0.717) is 0 Å². The first-order valence-electron chi connectivity index (χ1n) is 5.35. The average Bonchev–Trinajstić information content (AvgIpc) is 2.67. The second-order valence-electron chi connectivity index (χ2n) is 3.80. The molecule has 1 aliphatic rings. The molecule has 0 N–H and O–H groups in total. The molecule has 0 atom stereocenters. The quantitative estimate of drug-likeness (QED) is 0.619. The van der Waals surface area contributed by atoms with Gasteiger partial charge in [0.1, 0.15) is 5.76 Å². The molecule has 0 radical (unpaired) electrons. The molecular weight excluding hydrogens is 277 g/mol. The average molecular weight is 286 g/mol. The van der Waals surface area contributed by atoms with Crippen LogP contribution in [0.4, 0.5) is 13.2 Å². The standard InChI is InChI=1S/C13H9F3O2S/c14-13(15,16)7-9-6-10(18-12(9)17)8-19-11-4-2-1-3-5-11/h1-6,8H,7H2. The highest BCUT2D eigenvalue weighted by Crippen LogP contribution is 2.31. The lowest BCUT2D eigenvalue weighted by Gasteiger charge is -2.03. The molecule has 1 aromatic carbocycles. The summed E-state index contributed by atoms with van der Waals surface area (Å²) in [6.07, 6.45) is -4.54. The smallest absolute Gasteiger partial charge is 0.393 e. The number of hydrogen-bond acceptors (Lipinski definition) is 3. The molecule has 2 rings (SSSR count). The molecule has 1 aromatic rings. The Labute approximate surface area is 111 Å². The third-order valence-corrected chi connectivity index (χ3v) is 3.13. The summed E-state index contributed by atoms with van der Waals surface area (Å²) >= 11 is 1.27. The first-order valence-corrected chi connectivity index (χ1v) is 6.23. The number of halogens is 3. The summed E-state index contributed by atoms with van der Waals surface area (Å²) in [4.78, 5) is 12.1. The van der Waals surface area contributed by atoms with Crippen molar-refractivity contribution in [3.8, 4) is 0 Å². The summed E-state index contributed by atoms with van der Waals surface area (Å²) in [5, 5.41) is 1.51. The van der Waals surface area contributed by atoms with Gasteiger partial charge in [-0.25, -0.2) is 4.79 Å². The Bertz CT molecular complexity index is 533. The Hall–Kier alpha value is -1.69. The molecule has 6 heteroatoms. The number of cyclic esters (lactones) is 1. The van der Waals surface area contributed by atoms with Crippen LogP contribution in [0.2, 0.25) is 0 Å². The molecule has 0 spiro atoms. The van der Waals surface area contributed by atoms with E-state index in [1.807, 2.05) is 30.3 Å². The first-order chi connectivity index (χ1) is 8.94. The molecule has 0 unspecified atom stereocenters. The number of carbonyl (C=O) groups is 1. The molecule has 0 aromatic heterocycles. The van der Waals surface area contributed by atoms with E-state index in [2.05, 4.69) is 0 Å². The van der Waals surface area contributed by atoms with Crippen LogP contribution in [-0.4, -0.2) is 12.1 Å². The lowest BCUT2D eigenvalue weighted by Crippen LogP contribution is -2.12. The van der Waals surface area contributed by atoms with Crippen LogP contribution in [0.5, 0.6) is 0 Å². The minimum Gasteiger partial charge on any atom is -0.423 e. The minimum atomic E-state index is -4.41. The van der Waals surface area contributed by atoms with E-state index in [1.54, 1.807) is 0 Å². The molecule has 0 aliphatic carbocycles. The van der Waals surface area contributed by atoms with Crippen LogP contribution in [0.3, 0.4) is 0 Å². The number of hydrogen-bond donors (Lipinski definition) is 0. The zero-order valence-electron chi connectivity index (χ0n) is 9.61. The van der Waals surface area contributed by atoms with Gasteiger partial charge in [-0.05, 0) is 18.2 Å². The van der Waals surface area contributed by atoms with Crippen LogP contribution in [-0.2, 0) is 9.53 Å². The van der Waals surface area contributed by atoms with E-state index in [-0.39, 0.29) is 11.3 Å². The molecule has 2 nitrogen and oxygen atoms in total. The van der Waals surface area contributed by atoms with Crippen molar-refractivity contribution < 1.29 is 22.7 Å². The van der Waals surface area contributed by atoms with Gasteiger partial charge >= 0.3 is 12.1 Å². The first kappa shape index (κ1) is 13.7. The van der Waals surface area contributed by atoms with Crippen LogP contribution in [0.25, 0.3) is 0 Å². The minimum absolute atomic E-state index is 0.137. The van der Waals surface area contributed by atoms with Crippen molar-refractivity contribution in [2.75, 3.05) is 0 Å². The predicted molar refractivity (Wildman–Crippen MR) is 65.2 cm³/mol. The number of rotatable bonds is 3. The van der Waals surface area contributed by atoms with E-state index >= 15 is 0 Å². The molecule has 0 fully saturated rings. The van der Waals surface area contributed by atoms with E-state index in [4.69, 9.17) is 4.74 Å². The number of alkyl halides is 3. The van der Waals surface area contributed by atoms with Gasteiger partial charge in [-0.15, -0.1) is 0 Å². The Morgan fingerprint density at radius 1 is 1.21 bits per heavy atom. The fourth-order valence-corrected chi connectivity index (χ4v) is 2.14. The normalized spacial score (nSPS) is 17.5. The molecule has 0 saturated carbocycles. The maximum atomic E-state index is 12.2. The summed E-state index contributed by atoms with van der Waals surface area (Å²) in [5.74, 6) is -0.796. The highest BCUT2D eigenvalue weighted by Gasteiger charge is 2.34. The lowest BCUT2D eigenvalue weighted by atomic mass is 10.2. The van der Waals surface area contributed by atoms with E-state index in [9.17, 15) is 18.0 Å². The van der Waals surface area contributed by atoms with Gasteiger partial charge in [-0.1, -0.05) is 30.0 Å². The molecule has 0 amide bonds. The van der Waals surface area contributed by atoms with Gasteiger partial charge < -0.3 is 4.74 Å². The molecule has 100 valence electrons.